The Morgan fingerprint density at radius 3 is 1.64 bits per heavy atom. The number of carbonyl (C=O) groups excluding carboxylic acids is 1. The van der Waals surface area contributed by atoms with Gasteiger partial charge in [0.25, 0.3) is 0 Å². The molecule has 0 fully saturated rings. The summed E-state index contributed by atoms with van der Waals surface area (Å²) in [7, 11) is 0. The minimum absolute atomic E-state index is 0.335. The summed E-state index contributed by atoms with van der Waals surface area (Å²) in [5.41, 5.74) is 1.97. The molecule has 0 heterocycles. The lowest BCUT2D eigenvalue weighted by Gasteiger charge is -2.05. The fourth-order valence-electron chi connectivity index (χ4n) is 0.659. The van der Waals surface area contributed by atoms with E-state index in [1.807, 2.05) is 13.8 Å². The number of hydrogen-bond acceptors (Lipinski definition) is 3. The Hall–Kier alpha value is -1.25. The van der Waals surface area contributed by atoms with E-state index in [9.17, 15) is 4.79 Å². The van der Waals surface area contributed by atoms with Crippen molar-refractivity contribution in [1.29, 1.82) is 0 Å². The molecule has 0 radical (unpaired) electrons. The van der Waals surface area contributed by atoms with Crippen LogP contribution >= 0.6 is 0 Å². The van der Waals surface area contributed by atoms with Gasteiger partial charge in [-0.15, -0.1) is 13.2 Å². The third-order valence-corrected chi connectivity index (χ3v) is 1.50. The first-order valence-corrected chi connectivity index (χ1v) is 4.60. The molecule has 3 heteroatoms. The lowest BCUT2D eigenvalue weighted by Crippen LogP contribution is -2.09. The van der Waals surface area contributed by atoms with Gasteiger partial charge in [-0.2, -0.15) is 0 Å². The van der Waals surface area contributed by atoms with Gasteiger partial charge in [-0.05, 0) is 13.8 Å². The van der Waals surface area contributed by atoms with E-state index in [1.54, 1.807) is 0 Å². The van der Waals surface area contributed by atoms with E-state index in [1.165, 1.54) is 0 Å². The highest BCUT2D eigenvalue weighted by Crippen LogP contribution is 1.99. The predicted octanol–water partition coefficient (Wildman–Crippen LogP) is 3.07. The van der Waals surface area contributed by atoms with Gasteiger partial charge in [0, 0.05) is 12.8 Å². The van der Waals surface area contributed by atoms with Crippen molar-refractivity contribution in [1.82, 2.24) is 0 Å². The maximum atomic E-state index is 10.9. The van der Waals surface area contributed by atoms with Crippen molar-refractivity contribution in [2.75, 3.05) is 13.2 Å². The summed E-state index contributed by atoms with van der Waals surface area (Å²) in [6.07, 6.45) is 0.734. The lowest BCUT2D eigenvalue weighted by molar-refractivity contribution is 0.0570. The molecule has 0 atom stereocenters. The molecule has 80 valence electrons. The molecule has 0 bridgehead atoms. The topological polar surface area (TPSA) is 35.5 Å². The number of hydrogen-bond donors (Lipinski definition) is 0. The molecule has 0 aliphatic heterocycles. The summed E-state index contributed by atoms with van der Waals surface area (Å²) < 4.78 is 9.57. The fourth-order valence-corrected chi connectivity index (χ4v) is 0.659. The zero-order valence-corrected chi connectivity index (χ0v) is 8.97. The first-order chi connectivity index (χ1) is 6.52. The summed E-state index contributed by atoms with van der Waals surface area (Å²) in [6, 6.07) is 0. The van der Waals surface area contributed by atoms with Crippen molar-refractivity contribution < 1.29 is 14.3 Å². The Labute approximate surface area is 85.4 Å². The Morgan fingerprint density at radius 2 is 1.36 bits per heavy atom. The molecule has 0 unspecified atom stereocenters. The van der Waals surface area contributed by atoms with Gasteiger partial charge in [0.15, 0.2) is 0 Å². The molecule has 3 nitrogen and oxygen atoms in total. The van der Waals surface area contributed by atoms with Crippen molar-refractivity contribution in [3.8, 4) is 0 Å². The highest BCUT2D eigenvalue weighted by Gasteiger charge is 2.02. The number of rotatable bonds is 6. The van der Waals surface area contributed by atoms with Crippen molar-refractivity contribution in [3.63, 3.8) is 0 Å². The average molecular weight is 198 g/mol. The minimum Gasteiger partial charge on any atom is -0.434 e. The van der Waals surface area contributed by atoms with Crippen LogP contribution in [0.1, 0.15) is 26.7 Å². The third kappa shape index (κ3) is 8.84. The smallest absolute Gasteiger partial charge is 0.434 e. The van der Waals surface area contributed by atoms with Crippen LogP contribution in [-0.4, -0.2) is 19.4 Å². The van der Waals surface area contributed by atoms with Crippen molar-refractivity contribution in [2.24, 2.45) is 0 Å². The zero-order chi connectivity index (χ0) is 11.0. The second-order valence-corrected chi connectivity index (χ2v) is 3.36. The van der Waals surface area contributed by atoms with Crippen LogP contribution in [0.4, 0.5) is 4.79 Å². The maximum Gasteiger partial charge on any atom is 0.508 e. The largest absolute Gasteiger partial charge is 0.508 e. The monoisotopic (exact) mass is 198 g/mol. The molecule has 0 saturated heterocycles. The highest BCUT2D eigenvalue weighted by atomic mass is 16.7. The standard InChI is InChI=1S/C11H18O3/c1-9(2)5-7-13-11(12)14-8-6-10(3)4/h1,3,5-8H2,2,4H3. The molecule has 0 amide bonds. The van der Waals surface area contributed by atoms with Crippen molar-refractivity contribution in [3.05, 3.63) is 24.3 Å². The van der Waals surface area contributed by atoms with Gasteiger partial charge >= 0.3 is 6.16 Å². The number of carbonyl (C=O) groups is 1. The fraction of sp³-hybridized carbons (Fsp3) is 0.545. The van der Waals surface area contributed by atoms with Gasteiger partial charge in [0.05, 0.1) is 13.2 Å². The van der Waals surface area contributed by atoms with Crippen molar-refractivity contribution >= 4 is 6.16 Å². The van der Waals surface area contributed by atoms with Crippen LogP contribution in [-0.2, 0) is 9.47 Å². The molecule has 0 aromatic rings. The SMILES string of the molecule is C=C(C)CCOC(=O)OCCC(=C)C. The molecule has 14 heavy (non-hydrogen) atoms. The van der Waals surface area contributed by atoms with Crippen LogP contribution in [0.25, 0.3) is 0 Å². The first-order valence-electron chi connectivity index (χ1n) is 4.60. The third-order valence-electron chi connectivity index (χ3n) is 1.50. The summed E-state index contributed by atoms with van der Waals surface area (Å²) in [5, 5.41) is 0. The van der Waals surface area contributed by atoms with E-state index in [2.05, 4.69) is 13.2 Å². The Morgan fingerprint density at radius 1 is 1.00 bits per heavy atom. The average Bonchev–Trinajstić information content (AvgIpc) is 2.02. The van der Waals surface area contributed by atoms with E-state index >= 15 is 0 Å². The van der Waals surface area contributed by atoms with Gasteiger partial charge in [0.1, 0.15) is 0 Å². The first kappa shape index (κ1) is 12.8. The van der Waals surface area contributed by atoms with Crippen LogP contribution < -0.4 is 0 Å². The second kappa shape index (κ2) is 7.18. The molecular weight excluding hydrogens is 180 g/mol. The molecular formula is C11H18O3. The van der Waals surface area contributed by atoms with E-state index in [4.69, 9.17) is 9.47 Å². The van der Waals surface area contributed by atoms with Gasteiger partial charge in [-0.25, -0.2) is 4.79 Å². The van der Waals surface area contributed by atoms with E-state index in [0.717, 1.165) is 11.1 Å². The molecule has 0 aliphatic carbocycles. The molecule has 0 aliphatic rings. The summed E-state index contributed by atoms with van der Waals surface area (Å²) in [4.78, 5) is 10.9. The summed E-state index contributed by atoms with van der Waals surface area (Å²) >= 11 is 0. The normalized spacial score (nSPS) is 9.29. The quantitative estimate of drug-likeness (QED) is 0.486. The van der Waals surface area contributed by atoms with E-state index in [0.29, 0.717) is 26.1 Å². The minimum atomic E-state index is -0.618. The maximum absolute atomic E-state index is 10.9. The summed E-state index contributed by atoms with van der Waals surface area (Å²) in [6.45, 7) is 11.8. The Kier molecular flexibility index (Phi) is 6.54. The van der Waals surface area contributed by atoms with Crippen LogP contribution in [0.2, 0.25) is 0 Å². The van der Waals surface area contributed by atoms with Crippen LogP contribution in [0, 0.1) is 0 Å². The van der Waals surface area contributed by atoms with Gasteiger partial charge in [-0.3, -0.25) is 0 Å². The van der Waals surface area contributed by atoms with Crippen LogP contribution in [0.15, 0.2) is 24.3 Å². The van der Waals surface area contributed by atoms with Gasteiger partial charge < -0.3 is 9.47 Å². The Balaban J connectivity index is 3.37. The second-order valence-electron chi connectivity index (χ2n) is 3.36. The Bertz CT molecular complexity index is 197. The molecule has 0 rings (SSSR count). The van der Waals surface area contributed by atoms with E-state index < -0.39 is 6.16 Å². The lowest BCUT2D eigenvalue weighted by atomic mass is 10.3. The van der Waals surface area contributed by atoms with Gasteiger partial charge in [-0.1, -0.05) is 11.1 Å². The molecule has 0 aromatic carbocycles. The molecule has 0 spiro atoms. The molecule has 0 aromatic heterocycles. The number of ether oxygens (including phenoxy) is 2. The highest BCUT2D eigenvalue weighted by molar-refractivity contribution is 5.59. The van der Waals surface area contributed by atoms with E-state index in [-0.39, 0.29) is 0 Å². The predicted molar refractivity (Wildman–Crippen MR) is 56.2 cm³/mol. The summed E-state index contributed by atoms with van der Waals surface area (Å²) in [5.74, 6) is 0. The zero-order valence-electron chi connectivity index (χ0n) is 8.97. The molecule has 0 saturated carbocycles. The molecule has 0 N–H and O–H groups in total. The van der Waals surface area contributed by atoms with Crippen LogP contribution in [0.3, 0.4) is 0 Å². The van der Waals surface area contributed by atoms with Crippen molar-refractivity contribution in [2.45, 2.75) is 26.7 Å². The van der Waals surface area contributed by atoms with Crippen LogP contribution in [0.5, 0.6) is 0 Å². The van der Waals surface area contributed by atoms with Gasteiger partial charge in [0.2, 0.25) is 0 Å².